The number of carbonyl (C=O) groups is 2. The van der Waals surface area contributed by atoms with Gasteiger partial charge in [-0.05, 0) is 58.8 Å². The number of amides is 1. The number of rotatable bonds is 3. The van der Waals surface area contributed by atoms with E-state index < -0.39 is 40.5 Å². The van der Waals surface area contributed by atoms with Crippen molar-refractivity contribution in [2.24, 2.45) is 11.3 Å². The molecule has 2 unspecified atom stereocenters. The zero-order valence-electron chi connectivity index (χ0n) is 15.3. The molecule has 142 valence electrons. The van der Waals surface area contributed by atoms with Crippen LogP contribution in [0.1, 0.15) is 59.3 Å². The Balaban J connectivity index is 1.88. The van der Waals surface area contributed by atoms with Gasteiger partial charge >= 0.3 is 12.1 Å². The van der Waals surface area contributed by atoms with Crippen LogP contribution in [0.15, 0.2) is 0 Å². The first-order valence-corrected chi connectivity index (χ1v) is 8.83. The molecular weight excluding hydrogens is 332 g/mol. The first kappa shape index (κ1) is 18.4. The Hall–Kier alpha value is -1.40. The van der Waals surface area contributed by atoms with Gasteiger partial charge in [0.05, 0.1) is 7.11 Å². The third-order valence-electron chi connectivity index (χ3n) is 5.69. The monoisotopic (exact) mass is 359 g/mol. The van der Waals surface area contributed by atoms with Crippen LogP contribution < -0.4 is 5.32 Å². The Labute approximate surface area is 146 Å². The molecular formula is C18H27F2NO4. The Bertz CT molecular complexity index is 570. The highest BCUT2D eigenvalue weighted by atomic mass is 19.2. The number of esters is 1. The number of carbonyl (C=O) groups excluding carboxylic acids is 2. The van der Waals surface area contributed by atoms with Gasteiger partial charge in [0.2, 0.25) is 0 Å². The van der Waals surface area contributed by atoms with Crippen molar-refractivity contribution in [1.82, 2.24) is 5.32 Å². The summed E-state index contributed by atoms with van der Waals surface area (Å²) >= 11 is 0. The molecule has 0 radical (unpaired) electrons. The molecule has 25 heavy (non-hydrogen) atoms. The Morgan fingerprint density at radius 1 is 1.08 bits per heavy atom. The SMILES string of the molecule is COC(=O)[C@@H](NC(=O)OC(C)(C)C)C12CC3CC(F)(CC(F)(C3)C1)C2. The average molecular weight is 359 g/mol. The minimum Gasteiger partial charge on any atom is -0.467 e. The maximum Gasteiger partial charge on any atom is 0.408 e. The number of alkyl carbamates (subject to hydrolysis) is 1. The number of ether oxygens (including phenoxy) is 2. The van der Waals surface area contributed by atoms with E-state index in [0.29, 0.717) is 19.3 Å². The molecule has 4 fully saturated rings. The van der Waals surface area contributed by atoms with Gasteiger partial charge in [0.1, 0.15) is 23.0 Å². The van der Waals surface area contributed by atoms with Gasteiger partial charge in [-0.25, -0.2) is 18.4 Å². The quantitative estimate of drug-likeness (QED) is 0.784. The summed E-state index contributed by atoms with van der Waals surface area (Å²) in [5.41, 5.74) is -4.94. The summed E-state index contributed by atoms with van der Waals surface area (Å²) in [5, 5.41) is 2.55. The van der Waals surface area contributed by atoms with Gasteiger partial charge in [0.25, 0.3) is 0 Å². The van der Waals surface area contributed by atoms with Crippen LogP contribution >= 0.6 is 0 Å². The smallest absolute Gasteiger partial charge is 0.408 e. The highest BCUT2D eigenvalue weighted by molar-refractivity contribution is 5.82. The minimum absolute atomic E-state index is 0.0672. The van der Waals surface area contributed by atoms with E-state index in [4.69, 9.17) is 9.47 Å². The second kappa shape index (κ2) is 5.55. The molecule has 4 aliphatic rings. The van der Waals surface area contributed by atoms with E-state index in [2.05, 4.69) is 5.32 Å². The number of alkyl halides is 2. The summed E-state index contributed by atoms with van der Waals surface area (Å²) in [6.45, 7) is 5.12. The summed E-state index contributed by atoms with van der Waals surface area (Å²) in [5.74, 6) is -0.793. The van der Waals surface area contributed by atoms with Gasteiger partial charge in [-0.2, -0.15) is 0 Å². The van der Waals surface area contributed by atoms with E-state index in [1.54, 1.807) is 20.8 Å². The largest absolute Gasteiger partial charge is 0.467 e. The van der Waals surface area contributed by atoms with Crippen LogP contribution in [0.25, 0.3) is 0 Å². The molecule has 4 saturated carbocycles. The van der Waals surface area contributed by atoms with Gasteiger partial charge in [0, 0.05) is 11.8 Å². The molecule has 1 N–H and O–H groups in total. The molecule has 4 aliphatic carbocycles. The summed E-state index contributed by atoms with van der Waals surface area (Å²) in [6, 6.07) is -1.11. The minimum atomic E-state index is -1.62. The van der Waals surface area contributed by atoms with E-state index in [1.807, 2.05) is 0 Å². The van der Waals surface area contributed by atoms with E-state index >= 15 is 8.78 Å². The lowest BCUT2D eigenvalue weighted by atomic mass is 9.45. The molecule has 7 heteroatoms. The van der Waals surface area contributed by atoms with E-state index in [9.17, 15) is 9.59 Å². The van der Waals surface area contributed by atoms with Gasteiger partial charge in [-0.3, -0.25) is 0 Å². The predicted molar refractivity (Wildman–Crippen MR) is 86.5 cm³/mol. The Morgan fingerprint density at radius 3 is 2.08 bits per heavy atom. The summed E-state index contributed by atoms with van der Waals surface area (Å²) in [7, 11) is 1.21. The third kappa shape index (κ3) is 3.47. The number of halogens is 2. The van der Waals surface area contributed by atoms with Crippen LogP contribution in [0.5, 0.6) is 0 Å². The van der Waals surface area contributed by atoms with Crippen molar-refractivity contribution in [3.63, 3.8) is 0 Å². The van der Waals surface area contributed by atoms with Crippen molar-refractivity contribution in [2.75, 3.05) is 7.11 Å². The van der Waals surface area contributed by atoms with Crippen LogP contribution in [-0.2, 0) is 14.3 Å². The number of hydrogen-bond donors (Lipinski definition) is 1. The highest BCUT2D eigenvalue weighted by Gasteiger charge is 2.68. The first-order valence-electron chi connectivity index (χ1n) is 8.83. The van der Waals surface area contributed by atoms with Crippen molar-refractivity contribution >= 4 is 12.1 Å². The fourth-order valence-electron chi connectivity index (χ4n) is 5.60. The second-order valence-corrected chi connectivity index (χ2v) is 9.28. The summed E-state index contributed by atoms with van der Waals surface area (Å²) < 4.78 is 40.4. The topological polar surface area (TPSA) is 64.6 Å². The molecule has 3 atom stereocenters. The highest BCUT2D eigenvalue weighted by Crippen LogP contribution is 2.66. The van der Waals surface area contributed by atoms with Crippen molar-refractivity contribution in [3.05, 3.63) is 0 Å². The molecule has 0 heterocycles. The van der Waals surface area contributed by atoms with Crippen LogP contribution in [0.2, 0.25) is 0 Å². The molecule has 0 aliphatic heterocycles. The molecule has 0 spiro atoms. The summed E-state index contributed by atoms with van der Waals surface area (Å²) in [4.78, 5) is 24.6. The van der Waals surface area contributed by atoms with Crippen LogP contribution in [0.4, 0.5) is 13.6 Å². The lowest BCUT2D eigenvalue weighted by Crippen LogP contribution is -2.67. The molecule has 4 rings (SSSR count). The van der Waals surface area contributed by atoms with Crippen LogP contribution in [0.3, 0.4) is 0 Å². The molecule has 0 aromatic carbocycles. The zero-order valence-corrected chi connectivity index (χ0v) is 15.3. The van der Waals surface area contributed by atoms with Crippen LogP contribution in [-0.4, -0.2) is 42.2 Å². The molecule has 5 nitrogen and oxygen atoms in total. The first-order chi connectivity index (χ1) is 11.4. The maximum absolute atomic E-state index is 15.2. The van der Waals surface area contributed by atoms with Gasteiger partial charge < -0.3 is 14.8 Å². The van der Waals surface area contributed by atoms with Crippen LogP contribution in [0, 0.1) is 11.3 Å². The fraction of sp³-hybridized carbons (Fsp3) is 0.889. The van der Waals surface area contributed by atoms with E-state index in [0.717, 1.165) is 0 Å². The Kier molecular flexibility index (Phi) is 4.08. The van der Waals surface area contributed by atoms with Crippen molar-refractivity contribution < 1.29 is 27.8 Å². The predicted octanol–water partition coefficient (Wildman–Crippen LogP) is 3.45. The van der Waals surface area contributed by atoms with Crippen molar-refractivity contribution in [2.45, 2.75) is 82.3 Å². The maximum atomic E-state index is 15.2. The van der Waals surface area contributed by atoms with Crippen molar-refractivity contribution in [3.8, 4) is 0 Å². The molecule has 0 saturated heterocycles. The number of methoxy groups -OCH3 is 1. The number of hydrogen-bond acceptors (Lipinski definition) is 4. The average Bonchev–Trinajstić information content (AvgIpc) is 2.37. The summed E-state index contributed by atoms with van der Waals surface area (Å²) in [6.07, 6.45) is 0.426. The normalized spacial score (nSPS) is 40.5. The molecule has 4 bridgehead atoms. The Morgan fingerprint density at radius 2 is 1.64 bits per heavy atom. The molecule has 1 amide bonds. The standard InChI is InChI=1S/C18H27F2NO4/c1-15(2,3)25-14(23)21-12(13(22)24-4)16-5-11-6-17(19,8-16)10-18(20,7-11)9-16/h11-12H,5-10H2,1-4H3,(H,21,23)/t11?,12-,16?,17?,18?/m1/s1. The van der Waals surface area contributed by atoms with Gasteiger partial charge in [0.15, 0.2) is 0 Å². The van der Waals surface area contributed by atoms with Gasteiger partial charge in [-0.1, -0.05) is 0 Å². The molecule has 0 aromatic rings. The van der Waals surface area contributed by atoms with E-state index in [1.165, 1.54) is 7.11 Å². The number of nitrogens with one attached hydrogen (secondary N) is 1. The molecule has 0 aromatic heterocycles. The second-order valence-electron chi connectivity index (χ2n) is 9.28. The van der Waals surface area contributed by atoms with Crippen molar-refractivity contribution in [1.29, 1.82) is 0 Å². The van der Waals surface area contributed by atoms with E-state index in [-0.39, 0.29) is 25.2 Å². The fourth-order valence-corrected chi connectivity index (χ4v) is 5.60. The van der Waals surface area contributed by atoms with Gasteiger partial charge in [-0.15, -0.1) is 0 Å². The zero-order chi connectivity index (χ0) is 18.7. The lowest BCUT2D eigenvalue weighted by molar-refractivity contribution is -0.192. The lowest BCUT2D eigenvalue weighted by Gasteiger charge is -2.62. The third-order valence-corrected chi connectivity index (χ3v) is 5.69.